The van der Waals surface area contributed by atoms with Gasteiger partial charge in [-0.3, -0.25) is 9.78 Å². The summed E-state index contributed by atoms with van der Waals surface area (Å²) < 4.78 is 0. The lowest BCUT2D eigenvalue weighted by Crippen LogP contribution is -2.51. The molecule has 1 aromatic rings. The molecule has 0 aromatic carbocycles. The Morgan fingerprint density at radius 1 is 1.14 bits per heavy atom. The van der Waals surface area contributed by atoms with E-state index in [-0.39, 0.29) is 36.8 Å². The molecular weight excluding hydrogens is 397 g/mol. The van der Waals surface area contributed by atoms with Crippen molar-refractivity contribution in [2.45, 2.75) is 50.7 Å². The van der Waals surface area contributed by atoms with Crippen LogP contribution in [0, 0.1) is 5.41 Å². The van der Waals surface area contributed by atoms with Crippen LogP contribution in [0.2, 0.25) is 0 Å². The van der Waals surface area contributed by atoms with Crippen LogP contribution >= 0.6 is 24.8 Å². The van der Waals surface area contributed by atoms with Gasteiger partial charge in [0.15, 0.2) is 0 Å². The highest BCUT2D eigenvalue weighted by molar-refractivity contribution is 5.85. The molecule has 0 bridgehead atoms. The highest BCUT2D eigenvalue weighted by Crippen LogP contribution is 2.38. The smallest absolute Gasteiger partial charge is 0.240 e. The van der Waals surface area contributed by atoms with Crippen LogP contribution < -0.4 is 16.0 Å². The molecule has 1 unspecified atom stereocenters. The van der Waals surface area contributed by atoms with E-state index in [0.29, 0.717) is 18.0 Å². The third-order valence-corrected chi connectivity index (χ3v) is 6.43. The average Bonchev–Trinajstić information content (AvgIpc) is 3.11. The number of nitrogens with one attached hydrogen (secondary N) is 3. The summed E-state index contributed by atoms with van der Waals surface area (Å²) in [5, 5.41) is 10.4. The molecule has 1 atom stereocenters. The van der Waals surface area contributed by atoms with E-state index in [4.69, 9.17) is 0 Å². The second-order valence-electron chi connectivity index (χ2n) is 8.20. The molecule has 3 fully saturated rings. The van der Waals surface area contributed by atoms with Gasteiger partial charge in [-0.15, -0.1) is 24.8 Å². The van der Waals surface area contributed by atoms with E-state index in [1.165, 1.54) is 12.8 Å². The van der Waals surface area contributed by atoms with Crippen molar-refractivity contribution in [2.75, 3.05) is 32.7 Å². The Morgan fingerprint density at radius 3 is 2.54 bits per heavy atom. The Morgan fingerprint density at radius 2 is 1.86 bits per heavy atom. The predicted octanol–water partition coefficient (Wildman–Crippen LogP) is 1.74. The molecule has 0 radical (unpaired) electrons. The minimum atomic E-state index is -0.0281. The highest BCUT2D eigenvalue weighted by atomic mass is 35.5. The van der Waals surface area contributed by atoms with Crippen LogP contribution in [0.15, 0.2) is 24.5 Å². The maximum absolute atomic E-state index is 13.5. The topological polar surface area (TPSA) is 69.3 Å². The fourth-order valence-corrected chi connectivity index (χ4v) is 4.82. The standard InChI is InChI=1S/C20H31N5O.2ClH/c26-19(18-12-20(15-24-18)5-10-22-11-6-20)25(17-3-8-21-9-4-17)14-16-2-1-7-23-13-16;;/h1-2,7,13,17-18,21-22,24H,3-6,8-12,14-15H2;2*1H. The van der Waals surface area contributed by atoms with E-state index >= 15 is 0 Å². The van der Waals surface area contributed by atoms with E-state index in [0.717, 1.165) is 57.5 Å². The van der Waals surface area contributed by atoms with E-state index in [2.05, 4.69) is 31.9 Å². The van der Waals surface area contributed by atoms with Crippen molar-refractivity contribution >= 4 is 30.7 Å². The summed E-state index contributed by atoms with van der Waals surface area (Å²) in [7, 11) is 0. The van der Waals surface area contributed by atoms with Gasteiger partial charge in [0.2, 0.25) is 5.91 Å². The largest absolute Gasteiger partial charge is 0.334 e. The molecule has 3 N–H and O–H groups in total. The summed E-state index contributed by atoms with van der Waals surface area (Å²) in [6, 6.07) is 4.33. The van der Waals surface area contributed by atoms with Gasteiger partial charge < -0.3 is 20.9 Å². The number of carbonyl (C=O) groups excluding carboxylic acids is 1. The van der Waals surface area contributed by atoms with Crippen LogP contribution in [0.3, 0.4) is 0 Å². The third kappa shape index (κ3) is 5.36. The Hall–Kier alpha value is -0.920. The van der Waals surface area contributed by atoms with E-state index < -0.39 is 0 Å². The number of aromatic nitrogens is 1. The lowest BCUT2D eigenvalue weighted by atomic mass is 9.77. The van der Waals surface area contributed by atoms with E-state index in [9.17, 15) is 4.79 Å². The van der Waals surface area contributed by atoms with Gasteiger partial charge >= 0.3 is 0 Å². The van der Waals surface area contributed by atoms with Crippen LogP contribution in [-0.4, -0.2) is 60.6 Å². The summed E-state index contributed by atoms with van der Waals surface area (Å²) >= 11 is 0. The van der Waals surface area contributed by atoms with Crippen LogP contribution in [0.5, 0.6) is 0 Å². The molecule has 3 saturated heterocycles. The van der Waals surface area contributed by atoms with Gasteiger partial charge in [0, 0.05) is 31.5 Å². The second kappa shape index (κ2) is 10.7. The quantitative estimate of drug-likeness (QED) is 0.679. The number of amides is 1. The number of hydrogen-bond donors (Lipinski definition) is 3. The summed E-state index contributed by atoms with van der Waals surface area (Å²) in [6.07, 6.45) is 9.10. The minimum absolute atomic E-state index is 0. The fourth-order valence-electron chi connectivity index (χ4n) is 4.82. The number of carbonyl (C=O) groups is 1. The second-order valence-corrected chi connectivity index (χ2v) is 8.20. The molecule has 1 amide bonds. The van der Waals surface area contributed by atoms with Crippen LogP contribution in [-0.2, 0) is 11.3 Å². The monoisotopic (exact) mass is 429 g/mol. The van der Waals surface area contributed by atoms with Crippen molar-refractivity contribution in [1.82, 2.24) is 25.8 Å². The van der Waals surface area contributed by atoms with Gasteiger partial charge in [-0.1, -0.05) is 6.07 Å². The van der Waals surface area contributed by atoms with Crippen LogP contribution in [0.25, 0.3) is 0 Å². The predicted molar refractivity (Wildman–Crippen MR) is 116 cm³/mol. The first kappa shape index (κ1) is 23.4. The number of hydrogen-bond acceptors (Lipinski definition) is 5. The molecule has 1 spiro atoms. The van der Waals surface area contributed by atoms with E-state index in [1.54, 1.807) is 6.20 Å². The lowest BCUT2D eigenvalue weighted by Gasteiger charge is -2.37. The van der Waals surface area contributed by atoms with Gasteiger partial charge in [-0.25, -0.2) is 0 Å². The van der Waals surface area contributed by atoms with Crippen LogP contribution in [0.1, 0.15) is 37.7 Å². The summed E-state index contributed by atoms with van der Waals surface area (Å²) in [4.78, 5) is 19.9. The maximum atomic E-state index is 13.5. The SMILES string of the molecule is Cl.Cl.O=C(C1CC2(CCNCC2)CN1)N(Cc1cccnc1)C1CCNCC1. The van der Waals surface area contributed by atoms with Crippen molar-refractivity contribution in [3.05, 3.63) is 30.1 Å². The summed E-state index contributed by atoms with van der Waals surface area (Å²) in [5.41, 5.74) is 1.44. The molecule has 3 aliphatic rings. The zero-order valence-electron chi connectivity index (χ0n) is 16.4. The van der Waals surface area contributed by atoms with Gasteiger partial charge in [0.1, 0.15) is 0 Å². The zero-order chi connectivity index (χ0) is 17.8. The summed E-state index contributed by atoms with van der Waals surface area (Å²) in [5.74, 6) is 0.288. The molecule has 8 heteroatoms. The number of piperidine rings is 2. The molecule has 0 saturated carbocycles. The Bertz CT molecular complexity index is 606. The van der Waals surface area contributed by atoms with Crippen molar-refractivity contribution < 1.29 is 4.79 Å². The Labute approximate surface area is 180 Å². The van der Waals surface area contributed by atoms with Gasteiger partial charge in [0.05, 0.1) is 6.04 Å². The zero-order valence-corrected chi connectivity index (χ0v) is 18.0. The van der Waals surface area contributed by atoms with Gasteiger partial charge in [-0.05, 0) is 75.3 Å². The van der Waals surface area contributed by atoms with Crippen molar-refractivity contribution in [2.24, 2.45) is 5.41 Å². The lowest BCUT2D eigenvalue weighted by molar-refractivity contribution is -0.137. The molecule has 3 aliphatic heterocycles. The van der Waals surface area contributed by atoms with Crippen molar-refractivity contribution in [3.63, 3.8) is 0 Å². The first-order chi connectivity index (χ1) is 12.8. The van der Waals surface area contributed by atoms with Crippen molar-refractivity contribution in [3.8, 4) is 0 Å². The molecule has 4 heterocycles. The normalized spacial score (nSPS) is 24.2. The molecule has 0 aliphatic carbocycles. The fraction of sp³-hybridized carbons (Fsp3) is 0.700. The van der Waals surface area contributed by atoms with Gasteiger partial charge in [0.25, 0.3) is 0 Å². The molecule has 158 valence electrons. The molecule has 4 rings (SSSR count). The first-order valence-electron chi connectivity index (χ1n) is 10.1. The maximum Gasteiger partial charge on any atom is 0.240 e. The average molecular weight is 430 g/mol. The molecule has 28 heavy (non-hydrogen) atoms. The van der Waals surface area contributed by atoms with Crippen molar-refractivity contribution in [1.29, 1.82) is 0 Å². The molecular formula is C20H33Cl2N5O. The Balaban J connectivity index is 0.00000140. The molecule has 6 nitrogen and oxygen atoms in total. The number of pyridine rings is 1. The number of nitrogens with zero attached hydrogens (tertiary/aromatic N) is 2. The third-order valence-electron chi connectivity index (χ3n) is 6.43. The first-order valence-corrected chi connectivity index (χ1v) is 10.1. The minimum Gasteiger partial charge on any atom is -0.334 e. The van der Waals surface area contributed by atoms with Crippen LogP contribution in [0.4, 0.5) is 0 Å². The Kier molecular flexibility index (Phi) is 8.96. The summed E-state index contributed by atoms with van der Waals surface area (Å²) in [6.45, 7) is 5.80. The van der Waals surface area contributed by atoms with Gasteiger partial charge in [-0.2, -0.15) is 0 Å². The highest BCUT2D eigenvalue weighted by Gasteiger charge is 2.44. The molecule has 1 aromatic heterocycles. The number of halogens is 2. The number of rotatable bonds is 4. The van der Waals surface area contributed by atoms with E-state index in [1.807, 2.05) is 12.3 Å².